The van der Waals surface area contributed by atoms with Gasteiger partial charge in [0.1, 0.15) is 6.04 Å². The molecule has 0 amide bonds. The Morgan fingerprint density at radius 2 is 2.08 bits per heavy atom. The minimum absolute atomic E-state index is 0.305. The first-order valence-corrected chi connectivity index (χ1v) is 4.42. The second-order valence-corrected chi connectivity index (χ2v) is 2.98. The van der Waals surface area contributed by atoms with Gasteiger partial charge in [-0.15, -0.1) is 0 Å². The summed E-state index contributed by atoms with van der Waals surface area (Å²) < 4.78 is 0. The van der Waals surface area contributed by atoms with E-state index in [1.807, 2.05) is 6.92 Å². The summed E-state index contributed by atoms with van der Waals surface area (Å²) in [6.07, 6.45) is 1.17. The highest BCUT2D eigenvalue weighted by Gasteiger charge is 2.25. The molecule has 4 nitrogen and oxygen atoms in total. The van der Waals surface area contributed by atoms with Gasteiger partial charge in [-0.05, 0) is 19.9 Å². The summed E-state index contributed by atoms with van der Waals surface area (Å²) in [6.45, 7) is 3.68. The number of carboxylic acids is 1. The lowest BCUT2D eigenvalue weighted by atomic mass is 10.1. The lowest BCUT2D eigenvalue weighted by molar-refractivity contribution is -0.143. The van der Waals surface area contributed by atoms with Crippen LogP contribution in [0.3, 0.4) is 0 Å². The van der Waals surface area contributed by atoms with Crippen LogP contribution in [0.15, 0.2) is 0 Å². The maximum absolute atomic E-state index is 10.8. The van der Waals surface area contributed by atoms with E-state index in [0.29, 0.717) is 12.8 Å². The fourth-order valence-electron chi connectivity index (χ4n) is 1.32. The van der Waals surface area contributed by atoms with E-state index < -0.39 is 12.0 Å². The molecular weight excluding hydrogens is 168 g/mol. The van der Waals surface area contributed by atoms with Crippen LogP contribution in [-0.2, 0) is 4.79 Å². The van der Waals surface area contributed by atoms with Gasteiger partial charge < -0.3 is 5.11 Å². The Hall–Kier alpha value is -1.08. The first kappa shape index (κ1) is 11.9. The highest BCUT2D eigenvalue weighted by molar-refractivity contribution is 5.73. The van der Waals surface area contributed by atoms with E-state index in [1.54, 1.807) is 18.9 Å². The summed E-state index contributed by atoms with van der Waals surface area (Å²) in [7, 11) is 1.68. The van der Waals surface area contributed by atoms with Gasteiger partial charge in [0.25, 0.3) is 0 Å². The summed E-state index contributed by atoms with van der Waals surface area (Å²) in [5.41, 5.74) is 0. The molecule has 0 rings (SSSR count). The van der Waals surface area contributed by atoms with E-state index in [9.17, 15) is 4.79 Å². The summed E-state index contributed by atoms with van der Waals surface area (Å²) >= 11 is 0. The van der Waals surface area contributed by atoms with E-state index in [4.69, 9.17) is 10.4 Å². The van der Waals surface area contributed by atoms with Gasteiger partial charge in [0, 0.05) is 0 Å². The van der Waals surface area contributed by atoms with Crippen molar-refractivity contribution in [1.29, 1.82) is 5.26 Å². The third kappa shape index (κ3) is 3.03. The summed E-state index contributed by atoms with van der Waals surface area (Å²) in [4.78, 5) is 12.4. The van der Waals surface area contributed by atoms with Gasteiger partial charge in [0.15, 0.2) is 0 Å². The van der Waals surface area contributed by atoms with Crippen LogP contribution in [0.4, 0.5) is 0 Å². The van der Waals surface area contributed by atoms with Crippen molar-refractivity contribution < 1.29 is 9.90 Å². The van der Waals surface area contributed by atoms with Crippen LogP contribution in [-0.4, -0.2) is 35.1 Å². The Kier molecular flexibility index (Phi) is 5.09. The molecule has 0 spiro atoms. The minimum atomic E-state index is -0.862. The molecule has 1 N–H and O–H groups in total. The van der Waals surface area contributed by atoms with Gasteiger partial charge in [-0.2, -0.15) is 5.26 Å². The Labute approximate surface area is 78.8 Å². The zero-order chi connectivity index (χ0) is 10.4. The number of nitriles is 1. The highest BCUT2D eigenvalue weighted by Crippen LogP contribution is 2.08. The molecule has 0 aliphatic carbocycles. The monoisotopic (exact) mass is 184 g/mol. The van der Waals surface area contributed by atoms with Crippen LogP contribution in [0.5, 0.6) is 0 Å². The van der Waals surface area contributed by atoms with Crippen molar-refractivity contribution in [3.05, 3.63) is 0 Å². The van der Waals surface area contributed by atoms with Crippen molar-refractivity contribution in [3.8, 4) is 6.07 Å². The lowest BCUT2D eigenvalue weighted by Gasteiger charge is -2.26. The Morgan fingerprint density at radius 1 is 1.54 bits per heavy atom. The number of carboxylic acid groups (broad SMARTS) is 1. The Balaban J connectivity index is 4.45. The number of aliphatic carboxylic acids is 1. The largest absolute Gasteiger partial charge is 0.480 e. The van der Waals surface area contributed by atoms with Gasteiger partial charge >= 0.3 is 5.97 Å². The molecule has 2 atom stereocenters. The molecule has 0 aromatic rings. The van der Waals surface area contributed by atoms with Crippen molar-refractivity contribution in [1.82, 2.24) is 4.90 Å². The molecular formula is C9H16N2O2. The van der Waals surface area contributed by atoms with Crippen LogP contribution < -0.4 is 0 Å². The molecule has 4 heteroatoms. The molecule has 0 aliphatic heterocycles. The van der Waals surface area contributed by atoms with Crippen molar-refractivity contribution in [2.24, 2.45) is 0 Å². The van der Waals surface area contributed by atoms with Crippen molar-refractivity contribution in [2.75, 3.05) is 7.05 Å². The normalized spacial score (nSPS) is 15.0. The lowest BCUT2D eigenvalue weighted by Crippen LogP contribution is -2.43. The first-order chi connectivity index (χ1) is 6.08. The van der Waals surface area contributed by atoms with Gasteiger partial charge in [0.2, 0.25) is 0 Å². The van der Waals surface area contributed by atoms with Gasteiger partial charge in [-0.3, -0.25) is 9.69 Å². The predicted octanol–water partition coefficient (Wildman–Crippen LogP) is 1.08. The second kappa shape index (κ2) is 5.55. The molecule has 0 aliphatic rings. The van der Waals surface area contributed by atoms with Crippen LogP contribution in [0, 0.1) is 11.3 Å². The third-order valence-corrected chi connectivity index (χ3v) is 2.19. The minimum Gasteiger partial charge on any atom is -0.480 e. The zero-order valence-corrected chi connectivity index (χ0v) is 8.32. The molecule has 0 fully saturated rings. The average molecular weight is 184 g/mol. The fraction of sp³-hybridized carbons (Fsp3) is 0.778. The zero-order valence-electron chi connectivity index (χ0n) is 8.32. The maximum Gasteiger partial charge on any atom is 0.320 e. The molecule has 0 aromatic carbocycles. The molecule has 13 heavy (non-hydrogen) atoms. The Bertz CT molecular complexity index is 210. The molecule has 0 bridgehead atoms. The summed E-state index contributed by atoms with van der Waals surface area (Å²) in [6, 6.07) is 1.23. The number of likely N-dealkylation sites (N-methyl/N-ethyl adjacent to an activating group) is 1. The number of rotatable bonds is 5. The number of carbonyl (C=O) groups is 1. The number of nitrogens with zero attached hydrogens (tertiary/aromatic N) is 2. The van der Waals surface area contributed by atoms with Crippen LogP contribution >= 0.6 is 0 Å². The fourth-order valence-corrected chi connectivity index (χ4v) is 1.32. The smallest absolute Gasteiger partial charge is 0.320 e. The maximum atomic E-state index is 10.8. The van der Waals surface area contributed by atoms with Crippen molar-refractivity contribution in [3.63, 3.8) is 0 Å². The molecule has 0 radical (unpaired) electrons. The molecule has 74 valence electrons. The van der Waals surface area contributed by atoms with Gasteiger partial charge in [-0.25, -0.2) is 0 Å². The third-order valence-electron chi connectivity index (χ3n) is 2.19. The molecule has 0 heterocycles. The second-order valence-electron chi connectivity index (χ2n) is 2.98. The van der Waals surface area contributed by atoms with Gasteiger partial charge in [-0.1, -0.05) is 13.8 Å². The Morgan fingerprint density at radius 3 is 2.31 bits per heavy atom. The SMILES string of the molecule is CCC(C#N)N(C)C(CC)C(=O)O. The van der Waals surface area contributed by atoms with E-state index in [2.05, 4.69) is 6.07 Å². The van der Waals surface area contributed by atoms with Crippen molar-refractivity contribution in [2.45, 2.75) is 38.8 Å². The number of hydrogen-bond acceptors (Lipinski definition) is 3. The highest BCUT2D eigenvalue weighted by atomic mass is 16.4. The standard InChI is InChI=1S/C9H16N2O2/c1-4-7(6-10)11(3)8(5-2)9(12)13/h7-8H,4-5H2,1-3H3,(H,12,13). The van der Waals surface area contributed by atoms with Gasteiger partial charge in [0.05, 0.1) is 12.1 Å². The van der Waals surface area contributed by atoms with E-state index >= 15 is 0 Å². The summed E-state index contributed by atoms with van der Waals surface area (Å²) in [5.74, 6) is -0.862. The van der Waals surface area contributed by atoms with E-state index in [0.717, 1.165) is 0 Å². The van der Waals surface area contributed by atoms with Crippen molar-refractivity contribution >= 4 is 5.97 Å². The molecule has 0 saturated carbocycles. The predicted molar refractivity (Wildman–Crippen MR) is 49.2 cm³/mol. The topological polar surface area (TPSA) is 64.3 Å². The first-order valence-electron chi connectivity index (χ1n) is 4.42. The van der Waals surface area contributed by atoms with Crippen LogP contribution in [0.1, 0.15) is 26.7 Å². The van der Waals surface area contributed by atoms with Crippen LogP contribution in [0.25, 0.3) is 0 Å². The van der Waals surface area contributed by atoms with E-state index in [1.165, 1.54) is 0 Å². The van der Waals surface area contributed by atoms with E-state index in [-0.39, 0.29) is 6.04 Å². The molecule has 0 aromatic heterocycles. The number of hydrogen-bond donors (Lipinski definition) is 1. The average Bonchev–Trinajstić information content (AvgIpc) is 2.07. The summed E-state index contributed by atoms with van der Waals surface area (Å²) in [5, 5.41) is 17.6. The van der Waals surface area contributed by atoms with Crippen LogP contribution in [0.2, 0.25) is 0 Å². The quantitative estimate of drug-likeness (QED) is 0.694. The molecule has 2 unspecified atom stereocenters. The molecule has 0 saturated heterocycles.